The number of esters is 3. The maximum Gasteiger partial charge on any atom is 0.333 e. The van der Waals surface area contributed by atoms with E-state index in [2.05, 4.69) is 60.9 Å². The molecule has 8 heteroatoms. The van der Waals surface area contributed by atoms with Crippen molar-refractivity contribution in [2.24, 2.45) is 16.7 Å². The van der Waals surface area contributed by atoms with Crippen molar-refractivity contribution in [3.63, 3.8) is 0 Å². The molecular weight excluding hydrogens is 849 g/mol. The Morgan fingerprint density at radius 3 is 1.07 bits per heavy atom. The summed E-state index contributed by atoms with van der Waals surface area (Å²) in [5.41, 5.74) is 1.14. The highest BCUT2D eigenvalue weighted by Gasteiger charge is 2.62. The Balaban J connectivity index is 0. The number of rotatable bonds is 39. The van der Waals surface area contributed by atoms with E-state index in [-0.39, 0.29) is 35.0 Å². The maximum absolute atomic E-state index is 11.3. The lowest BCUT2D eigenvalue weighted by Gasteiger charge is -2.38. The van der Waals surface area contributed by atoms with Gasteiger partial charge in [0, 0.05) is 28.7 Å². The van der Waals surface area contributed by atoms with Crippen LogP contribution in [0.1, 0.15) is 273 Å². The molecule has 2 saturated carbocycles. The van der Waals surface area contributed by atoms with Crippen LogP contribution in [0.2, 0.25) is 0 Å². The highest BCUT2D eigenvalue weighted by atomic mass is 16.5. The molecule has 0 radical (unpaired) electrons. The molecular formula is C60H108O8. The summed E-state index contributed by atoms with van der Waals surface area (Å²) in [6, 6.07) is 0. The van der Waals surface area contributed by atoms with Crippen molar-refractivity contribution in [3.05, 3.63) is 49.6 Å². The van der Waals surface area contributed by atoms with Crippen LogP contribution in [0.25, 0.3) is 0 Å². The minimum absolute atomic E-state index is 0.0942. The molecule has 3 unspecified atom stereocenters. The van der Waals surface area contributed by atoms with Crippen LogP contribution in [0.4, 0.5) is 0 Å². The molecule has 2 aliphatic carbocycles. The monoisotopic (exact) mass is 957 g/mol. The predicted octanol–water partition coefficient (Wildman–Crippen LogP) is 17.9. The number of unbranched alkanes of at least 4 members (excludes halogenated alkanes) is 30. The smallest absolute Gasteiger partial charge is 0.333 e. The molecule has 0 spiro atoms. The second kappa shape index (κ2) is 45.0. The fraction of sp³-hybridized carbons (Fsp3) is 0.800. The van der Waals surface area contributed by atoms with Crippen LogP contribution in [-0.4, -0.2) is 48.3 Å². The van der Waals surface area contributed by atoms with Gasteiger partial charge in [-0.25, -0.2) is 19.2 Å². The third-order valence-corrected chi connectivity index (χ3v) is 14.5. The van der Waals surface area contributed by atoms with E-state index in [1.807, 2.05) is 0 Å². The highest BCUT2D eigenvalue weighted by molar-refractivity contribution is 5.87. The SMILES string of the molecule is C=C(C)C(=O)O.C=C(C)C(=O)OCCCCCCCCCCCCCCCCCC.C=CC(=O)OC1CC2CCC1(C)C2(C)C.C=CC(=O)OCCCCCCCCCCCCCCCCCC. The lowest BCUT2D eigenvalue weighted by atomic mass is 9.70. The first-order valence-electron chi connectivity index (χ1n) is 27.9. The van der Waals surface area contributed by atoms with Gasteiger partial charge in [-0.2, -0.15) is 0 Å². The summed E-state index contributed by atoms with van der Waals surface area (Å²) in [4.78, 5) is 42.9. The molecule has 8 nitrogen and oxygen atoms in total. The number of aliphatic carboxylic acids is 1. The zero-order chi connectivity index (χ0) is 51.3. The molecule has 1 N–H and O–H groups in total. The number of hydrogen-bond donors (Lipinski definition) is 1. The molecule has 2 fully saturated rings. The van der Waals surface area contributed by atoms with Gasteiger partial charge in [0.1, 0.15) is 6.10 Å². The predicted molar refractivity (Wildman–Crippen MR) is 288 cm³/mol. The van der Waals surface area contributed by atoms with Crippen LogP contribution >= 0.6 is 0 Å². The third kappa shape index (κ3) is 35.9. The highest BCUT2D eigenvalue weighted by Crippen LogP contribution is 2.66. The van der Waals surface area contributed by atoms with Crippen molar-refractivity contribution < 1.29 is 38.5 Å². The third-order valence-electron chi connectivity index (χ3n) is 14.5. The average Bonchev–Trinajstić information content (AvgIpc) is 3.65. The Morgan fingerprint density at radius 2 is 0.824 bits per heavy atom. The summed E-state index contributed by atoms with van der Waals surface area (Å²) in [6.45, 7) is 29.2. The van der Waals surface area contributed by atoms with Crippen LogP contribution in [0.3, 0.4) is 0 Å². The summed E-state index contributed by atoms with van der Waals surface area (Å²) in [5, 5.41) is 7.89. The molecule has 0 aromatic rings. The molecule has 0 saturated heterocycles. The number of carboxylic acid groups (broad SMARTS) is 1. The fourth-order valence-electron chi connectivity index (χ4n) is 9.32. The van der Waals surface area contributed by atoms with E-state index < -0.39 is 5.97 Å². The van der Waals surface area contributed by atoms with Gasteiger partial charge in [0.25, 0.3) is 0 Å². The van der Waals surface area contributed by atoms with Gasteiger partial charge in [0.2, 0.25) is 0 Å². The van der Waals surface area contributed by atoms with Gasteiger partial charge in [-0.15, -0.1) is 0 Å². The van der Waals surface area contributed by atoms with Crippen molar-refractivity contribution in [2.45, 2.75) is 279 Å². The molecule has 396 valence electrons. The standard InChI is InChI=1S/C22H42O2.C21H40O2.C13H20O2.C4H6O2/c1-4-5-6-7-8-9-10-11-12-13-14-15-16-17-18-19-20-24-22(23)21(2)3;1-3-5-6-7-8-9-10-11-12-13-14-15-16-17-18-19-20-23-21(22)4-2;1-5-11(14)15-10-8-9-6-7-13(10,4)12(9,2)3;1-3(2)4(5)6/h2,4-20H2,1,3H3;4H,2-3,5-20H2,1H3;5,9-10H,1,6-8H2,2-4H3;1H2,2H3,(H,5,6). The van der Waals surface area contributed by atoms with E-state index in [1.54, 1.807) is 6.92 Å². The zero-order valence-corrected chi connectivity index (χ0v) is 45.6. The first-order chi connectivity index (χ1) is 32.5. The Labute approximate surface area is 419 Å². The second-order valence-electron chi connectivity index (χ2n) is 20.7. The van der Waals surface area contributed by atoms with Gasteiger partial charge in [-0.1, -0.05) is 254 Å². The topological polar surface area (TPSA) is 116 Å². The van der Waals surface area contributed by atoms with E-state index in [0.717, 1.165) is 19.3 Å². The minimum atomic E-state index is -0.935. The maximum atomic E-state index is 11.3. The van der Waals surface area contributed by atoms with E-state index in [0.29, 0.717) is 30.1 Å². The molecule has 3 atom stereocenters. The van der Waals surface area contributed by atoms with Crippen LogP contribution in [0.15, 0.2) is 49.6 Å². The quantitative estimate of drug-likeness (QED) is 0.0280. The number of carbonyl (C=O) groups excluding carboxylic acids is 3. The van der Waals surface area contributed by atoms with Crippen LogP contribution in [0.5, 0.6) is 0 Å². The van der Waals surface area contributed by atoms with Gasteiger partial charge in [0.05, 0.1) is 13.2 Å². The summed E-state index contributed by atoms with van der Waals surface area (Å²) in [5.74, 6) is -1.05. The average molecular weight is 958 g/mol. The number of ether oxygens (including phenoxy) is 3. The van der Waals surface area contributed by atoms with Gasteiger partial charge in [-0.05, 0) is 57.3 Å². The van der Waals surface area contributed by atoms with Gasteiger partial charge in [-0.3, -0.25) is 0 Å². The Kier molecular flexibility index (Phi) is 44.3. The largest absolute Gasteiger partial charge is 0.478 e. The Hall–Kier alpha value is -3.16. The molecule has 0 aromatic carbocycles. The normalized spacial score (nSPS) is 17.2. The van der Waals surface area contributed by atoms with Crippen LogP contribution in [-0.2, 0) is 33.4 Å². The van der Waals surface area contributed by atoms with Crippen molar-refractivity contribution in [1.82, 2.24) is 0 Å². The van der Waals surface area contributed by atoms with E-state index in [4.69, 9.17) is 19.3 Å². The van der Waals surface area contributed by atoms with Crippen molar-refractivity contribution in [1.29, 1.82) is 0 Å². The second-order valence-corrected chi connectivity index (χ2v) is 20.7. The fourth-order valence-corrected chi connectivity index (χ4v) is 9.32. The first-order valence-corrected chi connectivity index (χ1v) is 27.9. The minimum Gasteiger partial charge on any atom is -0.478 e. The molecule has 2 bridgehead atoms. The first kappa shape index (κ1) is 66.9. The summed E-state index contributed by atoms with van der Waals surface area (Å²) < 4.78 is 15.5. The number of carbonyl (C=O) groups is 4. The Morgan fingerprint density at radius 1 is 0.515 bits per heavy atom. The molecule has 0 heterocycles. The molecule has 2 aliphatic rings. The lowest BCUT2D eigenvalue weighted by Crippen LogP contribution is -2.38. The number of hydrogen-bond acceptors (Lipinski definition) is 7. The molecule has 0 amide bonds. The summed E-state index contributed by atoms with van der Waals surface area (Å²) in [6.07, 6.45) is 49.6. The molecule has 68 heavy (non-hydrogen) atoms. The number of carboxylic acids is 1. The van der Waals surface area contributed by atoms with Crippen molar-refractivity contribution in [3.8, 4) is 0 Å². The van der Waals surface area contributed by atoms with Gasteiger partial charge >= 0.3 is 23.9 Å². The molecule has 0 aromatic heterocycles. The van der Waals surface area contributed by atoms with Crippen LogP contribution in [0, 0.1) is 16.7 Å². The van der Waals surface area contributed by atoms with Gasteiger partial charge < -0.3 is 19.3 Å². The lowest BCUT2D eigenvalue weighted by molar-refractivity contribution is -0.150. The van der Waals surface area contributed by atoms with Crippen molar-refractivity contribution >= 4 is 23.9 Å². The number of fused-ring (bicyclic) bond motifs is 2. The van der Waals surface area contributed by atoms with Crippen molar-refractivity contribution in [2.75, 3.05) is 13.2 Å². The Bertz CT molecular complexity index is 1320. The summed E-state index contributed by atoms with van der Waals surface area (Å²) >= 11 is 0. The zero-order valence-electron chi connectivity index (χ0n) is 45.6. The van der Waals surface area contributed by atoms with Crippen LogP contribution < -0.4 is 0 Å². The summed E-state index contributed by atoms with van der Waals surface area (Å²) in [7, 11) is 0. The van der Waals surface area contributed by atoms with Gasteiger partial charge in [0.15, 0.2) is 0 Å². The molecule has 0 aliphatic heterocycles. The van der Waals surface area contributed by atoms with E-state index >= 15 is 0 Å². The molecule has 2 rings (SSSR count). The van der Waals surface area contributed by atoms with E-state index in [1.165, 1.54) is 225 Å². The van der Waals surface area contributed by atoms with E-state index in [9.17, 15) is 19.2 Å².